The molecule has 0 saturated carbocycles. The molecule has 0 unspecified atom stereocenters. The van der Waals surface area contributed by atoms with Crippen LogP contribution in [0.5, 0.6) is 5.75 Å². The third-order valence-corrected chi connectivity index (χ3v) is 5.38. The number of amides is 1. The van der Waals surface area contributed by atoms with Gasteiger partial charge >= 0.3 is 6.09 Å². The summed E-state index contributed by atoms with van der Waals surface area (Å²) in [5.41, 5.74) is 1.63. The minimum absolute atomic E-state index is 0. The highest BCUT2D eigenvalue weighted by atomic mass is 35.5. The maximum Gasteiger partial charge on any atom is 0.407 e. The van der Waals surface area contributed by atoms with Crippen molar-refractivity contribution < 1.29 is 23.8 Å². The molecule has 2 aromatic carbocycles. The molecule has 1 fully saturated rings. The van der Waals surface area contributed by atoms with E-state index < -0.39 is 11.9 Å². The highest BCUT2D eigenvalue weighted by molar-refractivity contribution is 5.92. The van der Waals surface area contributed by atoms with Crippen molar-refractivity contribution in [1.29, 1.82) is 0 Å². The minimum Gasteiger partial charge on any atom is -0.507 e. The quantitative estimate of drug-likeness (QED) is 0.522. The number of aryl methyl sites for hydroxylation is 1. The van der Waals surface area contributed by atoms with Gasteiger partial charge in [-0.15, -0.1) is 12.4 Å². The molecule has 0 spiro atoms. The molecule has 3 aromatic rings. The van der Waals surface area contributed by atoms with E-state index in [1.807, 2.05) is 30.0 Å². The Balaban J connectivity index is 0.00000306. The van der Waals surface area contributed by atoms with Crippen molar-refractivity contribution in [2.24, 2.45) is 0 Å². The first-order valence-corrected chi connectivity index (χ1v) is 10.4. The fraction of sp³-hybridized carbons (Fsp3) is 0.348. The van der Waals surface area contributed by atoms with Gasteiger partial charge in [-0.3, -0.25) is 0 Å². The van der Waals surface area contributed by atoms with Crippen LogP contribution >= 0.6 is 12.4 Å². The Labute approximate surface area is 197 Å². The number of phenols is 1. The van der Waals surface area contributed by atoms with Gasteiger partial charge < -0.3 is 24.8 Å². The number of aromatic nitrogens is 2. The fourth-order valence-electron chi connectivity index (χ4n) is 3.81. The van der Waals surface area contributed by atoms with Crippen LogP contribution in [0, 0.1) is 12.7 Å². The van der Waals surface area contributed by atoms with E-state index in [-0.39, 0.29) is 42.2 Å². The summed E-state index contributed by atoms with van der Waals surface area (Å²) in [7, 11) is 1.54. The largest absolute Gasteiger partial charge is 0.507 e. The van der Waals surface area contributed by atoms with Gasteiger partial charge in [0.25, 0.3) is 0 Å². The number of fused-ring (bicyclic) bond motifs is 1. The Morgan fingerprint density at radius 1 is 1.27 bits per heavy atom. The van der Waals surface area contributed by atoms with E-state index in [0.717, 1.165) is 10.9 Å². The van der Waals surface area contributed by atoms with Gasteiger partial charge in [0.2, 0.25) is 0 Å². The van der Waals surface area contributed by atoms with Gasteiger partial charge in [0, 0.05) is 25.6 Å². The SMILES string of the molecule is COCCOC(=O)N[C@@H]1CCN(c2nc(-c3c(O)cccc3F)nc3cc(C)ccc23)C1.Cl. The zero-order valence-electron chi connectivity index (χ0n) is 18.4. The van der Waals surface area contributed by atoms with Crippen LogP contribution in [0.25, 0.3) is 22.3 Å². The van der Waals surface area contributed by atoms with Crippen LogP contribution in [-0.4, -0.2) is 60.6 Å². The number of benzene rings is 2. The molecule has 1 saturated heterocycles. The van der Waals surface area contributed by atoms with Crippen LogP contribution in [0.4, 0.5) is 15.0 Å². The topological polar surface area (TPSA) is 96.8 Å². The van der Waals surface area contributed by atoms with Crippen molar-refractivity contribution in [2.75, 3.05) is 38.3 Å². The van der Waals surface area contributed by atoms with Gasteiger partial charge in [-0.2, -0.15) is 0 Å². The molecular weight excluding hydrogens is 451 g/mol. The Morgan fingerprint density at radius 3 is 2.85 bits per heavy atom. The average molecular weight is 477 g/mol. The second kappa shape index (κ2) is 10.6. The van der Waals surface area contributed by atoms with E-state index in [2.05, 4.69) is 15.3 Å². The maximum absolute atomic E-state index is 14.5. The van der Waals surface area contributed by atoms with E-state index in [1.54, 1.807) is 7.11 Å². The van der Waals surface area contributed by atoms with Gasteiger partial charge in [0.05, 0.1) is 23.7 Å². The molecule has 2 heterocycles. The zero-order chi connectivity index (χ0) is 22.7. The normalized spacial score (nSPS) is 15.4. The van der Waals surface area contributed by atoms with Crippen molar-refractivity contribution in [3.8, 4) is 17.1 Å². The molecule has 1 aliphatic rings. The molecule has 0 bridgehead atoms. The van der Waals surface area contributed by atoms with Crippen molar-refractivity contribution in [3.63, 3.8) is 0 Å². The molecule has 1 atom stereocenters. The Hall–Kier alpha value is -3.17. The molecule has 0 aliphatic carbocycles. The fourth-order valence-corrected chi connectivity index (χ4v) is 3.81. The molecule has 4 rings (SSSR count). The van der Waals surface area contributed by atoms with E-state index >= 15 is 0 Å². The molecule has 33 heavy (non-hydrogen) atoms. The first-order valence-electron chi connectivity index (χ1n) is 10.4. The molecule has 0 radical (unpaired) electrons. The highest BCUT2D eigenvalue weighted by Gasteiger charge is 2.28. The van der Waals surface area contributed by atoms with E-state index in [4.69, 9.17) is 9.47 Å². The number of phenolic OH excluding ortho intramolecular Hbond substituents is 1. The number of anilines is 1. The van der Waals surface area contributed by atoms with Gasteiger partial charge in [-0.05, 0) is 43.2 Å². The van der Waals surface area contributed by atoms with Crippen molar-refractivity contribution in [2.45, 2.75) is 19.4 Å². The van der Waals surface area contributed by atoms with Crippen LogP contribution in [0.3, 0.4) is 0 Å². The molecule has 1 amide bonds. The Bertz CT molecular complexity index is 1130. The average Bonchev–Trinajstić information content (AvgIpc) is 3.21. The molecule has 1 aliphatic heterocycles. The summed E-state index contributed by atoms with van der Waals surface area (Å²) in [5, 5.41) is 13.9. The number of carbonyl (C=O) groups excluding carboxylic acids is 1. The number of nitrogens with zero attached hydrogens (tertiary/aromatic N) is 3. The summed E-state index contributed by atoms with van der Waals surface area (Å²) in [5.74, 6) is -0.0702. The third-order valence-electron chi connectivity index (χ3n) is 5.38. The molecule has 10 heteroatoms. The van der Waals surface area contributed by atoms with Crippen LogP contribution in [0.15, 0.2) is 36.4 Å². The van der Waals surface area contributed by atoms with Crippen LogP contribution < -0.4 is 10.2 Å². The number of carbonyl (C=O) groups is 1. The number of hydrogen-bond donors (Lipinski definition) is 2. The smallest absolute Gasteiger partial charge is 0.407 e. The number of hydrogen-bond acceptors (Lipinski definition) is 7. The van der Waals surface area contributed by atoms with E-state index in [1.165, 1.54) is 18.2 Å². The molecule has 2 N–H and O–H groups in total. The van der Waals surface area contributed by atoms with Crippen molar-refractivity contribution in [1.82, 2.24) is 15.3 Å². The number of rotatable bonds is 6. The standard InChI is InChI=1S/C23H25FN4O4.ClH/c1-14-6-7-16-18(12-14)26-21(20-17(24)4-3-5-19(20)29)27-22(16)28-9-8-15(13-28)25-23(30)32-11-10-31-2;/h3-7,12,15,29H,8-11,13H2,1-2H3,(H,25,30);1H/t15-;/m1./s1. The first-order chi connectivity index (χ1) is 15.5. The van der Waals surface area contributed by atoms with E-state index in [0.29, 0.717) is 37.5 Å². The summed E-state index contributed by atoms with van der Waals surface area (Å²) in [6, 6.07) is 9.80. The van der Waals surface area contributed by atoms with Gasteiger partial charge in [-0.1, -0.05) is 12.1 Å². The van der Waals surface area contributed by atoms with Gasteiger partial charge in [0.15, 0.2) is 5.82 Å². The lowest BCUT2D eigenvalue weighted by Gasteiger charge is -2.21. The number of halogens is 2. The maximum atomic E-state index is 14.5. The lowest BCUT2D eigenvalue weighted by Crippen LogP contribution is -2.38. The number of nitrogens with one attached hydrogen (secondary N) is 1. The van der Waals surface area contributed by atoms with Crippen molar-refractivity contribution in [3.05, 3.63) is 47.8 Å². The molecule has 1 aromatic heterocycles. The lowest BCUT2D eigenvalue weighted by atomic mass is 10.1. The second-order valence-electron chi connectivity index (χ2n) is 7.73. The van der Waals surface area contributed by atoms with Crippen LogP contribution in [0.1, 0.15) is 12.0 Å². The van der Waals surface area contributed by atoms with Crippen LogP contribution in [-0.2, 0) is 9.47 Å². The predicted molar refractivity (Wildman–Crippen MR) is 126 cm³/mol. The summed E-state index contributed by atoms with van der Waals surface area (Å²) in [6.45, 7) is 3.63. The molecule has 176 valence electrons. The van der Waals surface area contributed by atoms with Gasteiger partial charge in [0.1, 0.15) is 24.0 Å². The number of aromatic hydroxyl groups is 1. The predicted octanol–water partition coefficient (Wildman–Crippen LogP) is 3.82. The summed E-state index contributed by atoms with van der Waals surface area (Å²) >= 11 is 0. The van der Waals surface area contributed by atoms with Gasteiger partial charge in [-0.25, -0.2) is 19.2 Å². The molecule has 8 nitrogen and oxygen atoms in total. The highest BCUT2D eigenvalue weighted by Crippen LogP contribution is 2.34. The minimum atomic E-state index is -0.595. The Kier molecular flexibility index (Phi) is 7.88. The molecular formula is C23H26ClFN4O4. The van der Waals surface area contributed by atoms with E-state index in [9.17, 15) is 14.3 Å². The summed E-state index contributed by atoms with van der Waals surface area (Å²) in [4.78, 5) is 23.2. The first kappa shape index (κ1) is 24.5. The summed E-state index contributed by atoms with van der Waals surface area (Å²) < 4.78 is 24.5. The lowest BCUT2D eigenvalue weighted by molar-refractivity contribution is 0.0969. The summed E-state index contributed by atoms with van der Waals surface area (Å²) in [6.07, 6.45) is 0.214. The van der Waals surface area contributed by atoms with Crippen LogP contribution in [0.2, 0.25) is 0 Å². The van der Waals surface area contributed by atoms with Crippen molar-refractivity contribution >= 4 is 35.2 Å². The second-order valence-corrected chi connectivity index (χ2v) is 7.73. The zero-order valence-corrected chi connectivity index (χ0v) is 19.2. The number of methoxy groups -OCH3 is 1. The number of ether oxygens (including phenoxy) is 2. The third kappa shape index (κ3) is 5.43. The Morgan fingerprint density at radius 2 is 2.09 bits per heavy atom. The number of alkyl carbamates (subject to hydrolysis) is 1. The monoisotopic (exact) mass is 476 g/mol.